The van der Waals surface area contributed by atoms with Gasteiger partial charge in [0.25, 0.3) is 0 Å². The Morgan fingerprint density at radius 2 is 2.38 bits per heavy atom. The number of nitrogens with two attached hydrogens (primary N) is 1. The van der Waals surface area contributed by atoms with Crippen LogP contribution in [0.15, 0.2) is 0 Å². The molecule has 1 fully saturated rings. The van der Waals surface area contributed by atoms with E-state index >= 15 is 0 Å². The molecule has 3 N–H and O–H groups in total. The monoisotopic (exact) mass is 185 g/mol. The minimum atomic E-state index is 0.709. The molecule has 78 valence electrons. The van der Waals surface area contributed by atoms with E-state index in [4.69, 9.17) is 5.73 Å². The molecule has 13 heavy (non-hydrogen) atoms. The molecule has 0 spiro atoms. The normalized spacial score (nSPS) is 24.9. The second-order valence-corrected chi connectivity index (χ2v) is 3.83. The molecule has 1 unspecified atom stereocenters. The van der Waals surface area contributed by atoms with Crippen molar-refractivity contribution in [1.29, 1.82) is 0 Å². The Labute approximate surface area is 81.7 Å². The minimum absolute atomic E-state index is 0.709. The van der Waals surface area contributed by atoms with Gasteiger partial charge in [-0.05, 0) is 45.4 Å². The van der Waals surface area contributed by atoms with Crippen molar-refractivity contribution in [3.05, 3.63) is 0 Å². The van der Waals surface area contributed by atoms with Crippen LogP contribution >= 0.6 is 0 Å². The topological polar surface area (TPSA) is 41.3 Å². The van der Waals surface area contributed by atoms with E-state index < -0.39 is 0 Å². The van der Waals surface area contributed by atoms with E-state index in [0.29, 0.717) is 6.04 Å². The predicted molar refractivity (Wildman–Crippen MR) is 56.8 cm³/mol. The summed E-state index contributed by atoms with van der Waals surface area (Å²) in [7, 11) is 0. The first-order chi connectivity index (χ1) is 6.36. The smallest absolute Gasteiger partial charge is 0.0195 e. The van der Waals surface area contributed by atoms with Crippen LogP contribution in [0.1, 0.15) is 26.2 Å². The predicted octanol–water partition coefficient (Wildman–Crippen LogP) is 0.409. The molecule has 0 bridgehead atoms. The molecule has 1 aliphatic rings. The lowest BCUT2D eigenvalue weighted by Crippen LogP contribution is -2.45. The average molecular weight is 185 g/mol. The first-order valence-corrected chi connectivity index (χ1v) is 5.52. The number of piperidine rings is 1. The Balaban J connectivity index is 2.11. The molecule has 1 rings (SSSR count). The summed E-state index contributed by atoms with van der Waals surface area (Å²) in [5.41, 5.74) is 5.45. The van der Waals surface area contributed by atoms with E-state index in [9.17, 15) is 0 Å². The fourth-order valence-corrected chi connectivity index (χ4v) is 1.92. The van der Waals surface area contributed by atoms with E-state index in [2.05, 4.69) is 17.1 Å². The summed E-state index contributed by atoms with van der Waals surface area (Å²) in [6.45, 7) is 7.82. The molecule has 0 amide bonds. The Morgan fingerprint density at radius 1 is 1.54 bits per heavy atom. The summed E-state index contributed by atoms with van der Waals surface area (Å²) in [5.74, 6) is 0. The van der Waals surface area contributed by atoms with Crippen molar-refractivity contribution in [2.45, 2.75) is 32.2 Å². The van der Waals surface area contributed by atoms with Crippen LogP contribution in [0.2, 0.25) is 0 Å². The molecular weight excluding hydrogens is 162 g/mol. The highest BCUT2D eigenvalue weighted by atomic mass is 15.2. The van der Waals surface area contributed by atoms with Gasteiger partial charge in [-0.1, -0.05) is 6.92 Å². The van der Waals surface area contributed by atoms with Crippen LogP contribution in [-0.4, -0.2) is 43.7 Å². The lowest BCUT2D eigenvalue weighted by Gasteiger charge is -2.32. The van der Waals surface area contributed by atoms with Crippen molar-refractivity contribution < 1.29 is 0 Å². The molecule has 0 aromatic heterocycles. The second kappa shape index (κ2) is 6.35. The van der Waals surface area contributed by atoms with Gasteiger partial charge >= 0.3 is 0 Å². The third kappa shape index (κ3) is 4.07. The van der Waals surface area contributed by atoms with Gasteiger partial charge in [0.2, 0.25) is 0 Å². The fourth-order valence-electron chi connectivity index (χ4n) is 1.92. The number of rotatable bonds is 5. The van der Waals surface area contributed by atoms with Gasteiger partial charge in [-0.2, -0.15) is 0 Å². The molecule has 3 nitrogen and oxygen atoms in total. The Hall–Kier alpha value is -0.120. The van der Waals surface area contributed by atoms with Gasteiger partial charge in [-0.3, -0.25) is 0 Å². The molecule has 0 aliphatic carbocycles. The molecule has 1 saturated heterocycles. The van der Waals surface area contributed by atoms with Gasteiger partial charge in [0, 0.05) is 12.6 Å². The highest BCUT2D eigenvalue weighted by Crippen LogP contribution is 2.08. The maximum absolute atomic E-state index is 5.45. The van der Waals surface area contributed by atoms with E-state index in [1.165, 1.54) is 32.5 Å². The zero-order chi connectivity index (χ0) is 9.52. The molecule has 0 saturated carbocycles. The molecule has 3 heteroatoms. The lowest BCUT2D eigenvalue weighted by molar-refractivity contribution is 0.199. The maximum atomic E-state index is 5.45. The molecule has 1 aliphatic heterocycles. The first-order valence-electron chi connectivity index (χ1n) is 5.52. The quantitative estimate of drug-likeness (QED) is 0.610. The van der Waals surface area contributed by atoms with Gasteiger partial charge in [0.1, 0.15) is 0 Å². The number of likely N-dealkylation sites (N-methyl/N-ethyl adjacent to an activating group) is 1. The Kier molecular flexibility index (Phi) is 5.35. The summed E-state index contributed by atoms with van der Waals surface area (Å²) in [6, 6.07) is 0.709. The number of likely N-dealkylation sites (tertiary alicyclic amines) is 1. The van der Waals surface area contributed by atoms with Gasteiger partial charge in [0.05, 0.1) is 0 Å². The van der Waals surface area contributed by atoms with Crippen molar-refractivity contribution in [1.82, 2.24) is 10.2 Å². The molecule has 0 aromatic carbocycles. The molecule has 1 heterocycles. The largest absolute Gasteiger partial charge is 0.330 e. The molecule has 1 atom stereocenters. The third-order valence-corrected chi connectivity index (χ3v) is 2.77. The zero-order valence-electron chi connectivity index (χ0n) is 8.76. The van der Waals surface area contributed by atoms with Crippen molar-refractivity contribution in [3.8, 4) is 0 Å². The fraction of sp³-hybridized carbons (Fsp3) is 1.00. The van der Waals surface area contributed by atoms with E-state index in [-0.39, 0.29) is 0 Å². The number of nitrogens with zero attached hydrogens (tertiary/aromatic N) is 1. The molecule has 0 radical (unpaired) electrons. The summed E-state index contributed by atoms with van der Waals surface area (Å²) in [4.78, 5) is 2.52. The highest BCUT2D eigenvalue weighted by molar-refractivity contribution is 4.77. The standard InChI is InChI=1S/C10H23N3/c1-2-13-8-3-5-10(9-13)12-7-4-6-11/h10,12H,2-9,11H2,1H3. The van der Waals surface area contributed by atoms with Crippen LogP contribution in [0, 0.1) is 0 Å². The van der Waals surface area contributed by atoms with Crippen LogP contribution in [-0.2, 0) is 0 Å². The van der Waals surface area contributed by atoms with Gasteiger partial charge in [-0.15, -0.1) is 0 Å². The summed E-state index contributed by atoms with van der Waals surface area (Å²) >= 11 is 0. The van der Waals surface area contributed by atoms with Crippen LogP contribution < -0.4 is 11.1 Å². The van der Waals surface area contributed by atoms with Crippen LogP contribution in [0.4, 0.5) is 0 Å². The molecular formula is C10H23N3. The number of hydrogen-bond donors (Lipinski definition) is 2. The average Bonchev–Trinajstić information content (AvgIpc) is 2.19. The minimum Gasteiger partial charge on any atom is -0.330 e. The lowest BCUT2D eigenvalue weighted by atomic mass is 10.1. The first kappa shape index (κ1) is 11.0. The van der Waals surface area contributed by atoms with Crippen LogP contribution in [0.25, 0.3) is 0 Å². The van der Waals surface area contributed by atoms with Crippen molar-refractivity contribution in [2.24, 2.45) is 5.73 Å². The van der Waals surface area contributed by atoms with E-state index in [1.807, 2.05) is 0 Å². The van der Waals surface area contributed by atoms with Crippen LogP contribution in [0.3, 0.4) is 0 Å². The zero-order valence-corrected chi connectivity index (χ0v) is 8.76. The van der Waals surface area contributed by atoms with Gasteiger partial charge < -0.3 is 16.0 Å². The van der Waals surface area contributed by atoms with E-state index in [1.54, 1.807) is 0 Å². The number of nitrogens with one attached hydrogen (secondary N) is 1. The second-order valence-electron chi connectivity index (χ2n) is 3.83. The van der Waals surface area contributed by atoms with Crippen LogP contribution in [0.5, 0.6) is 0 Å². The van der Waals surface area contributed by atoms with Crippen molar-refractivity contribution in [3.63, 3.8) is 0 Å². The number of hydrogen-bond acceptors (Lipinski definition) is 3. The molecule has 0 aromatic rings. The van der Waals surface area contributed by atoms with Crippen molar-refractivity contribution >= 4 is 0 Å². The van der Waals surface area contributed by atoms with Crippen molar-refractivity contribution in [2.75, 3.05) is 32.7 Å². The highest BCUT2D eigenvalue weighted by Gasteiger charge is 2.17. The van der Waals surface area contributed by atoms with Gasteiger partial charge in [0.15, 0.2) is 0 Å². The maximum Gasteiger partial charge on any atom is 0.0195 e. The Morgan fingerprint density at radius 3 is 3.08 bits per heavy atom. The summed E-state index contributed by atoms with van der Waals surface area (Å²) in [6.07, 6.45) is 3.78. The summed E-state index contributed by atoms with van der Waals surface area (Å²) in [5, 5.41) is 3.57. The van der Waals surface area contributed by atoms with E-state index in [0.717, 1.165) is 19.5 Å². The Bertz CT molecular complexity index is 127. The van der Waals surface area contributed by atoms with Gasteiger partial charge in [-0.25, -0.2) is 0 Å². The SMILES string of the molecule is CCN1CCCC(NCCCN)C1. The third-order valence-electron chi connectivity index (χ3n) is 2.77. The summed E-state index contributed by atoms with van der Waals surface area (Å²) < 4.78 is 0.